The first kappa shape index (κ1) is 16.1. The fourth-order valence-electron chi connectivity index (χ4n) is 1.77. The van der Waals surface area contributed by atoms with Crippen molar-refractivity contribution in [2.24, 2.45) is 5.14 Å². The third kappa shape index (κ3) is 3.55. The Kier molecular flexibility index (Phi) is 5.23. The van der Waals surface area contributed by atoms with Gasteiger partial charge in [-0.1, -0.05) is 0 Å². The van der Waals surface area contributed by atoms with Crippen LogP contribution in [0, 0.1) is 0 Å². The Morgan fingerprint density at radius 1 is 1.35 bits per heavy atom. The van der Waals surface area contributed by atoms with E-state index in [1.807, 2.05) is 0 Å². The van der Waals surface area contributed by atoms with Gasteiger partial charge in [0.05, 0.1) is 10.5 Å². The predicted molar refractivity (Wildman–Crippen MR) is 74.8 cm³/mol. The minimum Gasteiger partial charge on any atom is -0.339 e. The molecule has 0 unspecified atom stereocenters. The molecule has 0 aromatic heterocycles. The number of primary sulfonamides is 1. The third-order valence-electron chi connectivity index (χ3n) is 2.79. The van der Waals surface area contributed by atoms with Crippen LogP contribution in [0.5, 0.6) is 0 Å². The number of rotatable bonds is 6. The average Bonchev–Trinajstić information content (AvgIpc) is 2.39. The van der Waals surface area contributed by atoms with Gasteiger partial charge in [-0.15, -0.1) is 0 Å². The smallest absolute Gasteiger partial charge is 0.255 e. The number of sulfonamides is 1. The van der Waals surface area contributed by atoms with Crippen molar-refractivity contribution in [3.63, 3.8) is 0 Å². The van der Waals surface area contributed by atoms with Crippen molar-refractivity contribution < 1.29 is 18.0 Å². The zero-order chi connectivity index (χ0) is 15.3. The number of nitrogens with zero attached hydrogens (tertiary/aromatic N) is 1. The van der Waals surface area contributed by atoms with Gasteiger partial charge in [-0.25, -0.2) is 13.6 Å². The van der Waals surface area contributed by atoms with Crippen molar-refractivity contribution in [3.05, 3.63) is 23.8 Å². The van der Waals surface area contributed by atoms with Crippen LogP contribution >= 0.6 is 0 Å². The lowest BCUT2D eigenvalue weighted by Crippen LogP contribution is -2.32. The van der Waals surface area contributed by atoms with Crippen molar-refractivity contribution in [3.8, 4) is 0 Å². The summed E-state index contributed by atoms with van der Waals surface area (Å²) in [4.78, 5) is 23.8. The molecule has 1 aromatic carbocycles. The fraction of sp³-hybridized carbons (Fsp3) is 0.333. The van der Waals surface area contributed by atoms with E-state index in [0.29, 0.717) is 19.5 Å². The number of carbonyl (C=O) groups excluding carboxylic acids is 2. The monoisotopic (exact) mass is 299 g/mol. The Bertz CT molecular complexity index is 609. The molecule has 0 radical (unpaired) electrons. The quantitative estimate of drug-likeness (QED) is 0.740. The first-order valence-electron chi connectivity index (χ1n) is 6.01. The summed E-state index contributed by atoms with van der Waals surface area (Å²) in [5.41, 5.74) is 0.243. The zero-order valence-electron chi connectivity index (χ0n) is 11.3. The predicted octanol–water partition coefficient (Wildman–Crippen LogP) is 0.384. The topological polar surface area (TPSA) is 110 Å². The van der Waals surface area contributed by atoms with Crippen LogP contribution in [-0.4, -0.2) is 38.7 Å². The van der Waals surface area contributed by atoms with Gasteiger partial charge in [-0.2, -0.15) is 0 Å². The standard InChI is InChI=1S/C12H17N3O4S/c1-3-15(4-2)12(17)10-6-5-9(14-8-16)7-11(10)20(13,18)19/h5-8H,3-4H2,1-2H3,(H,14,16)(H2,13,18,19). The number of anilines is 1. The molecule has 0 saturated carbocycles. The summed E-state index contributed by atoms with van der Waals surface area (Å²) in [6.45, 7) is 4.49. The van der Waals surface area contributed by atoms with E-state index in [1.54, 1.807) is 13.8 Å². The molecule has 0 aliphatic rings. The molecule has 1 rings (SSSR count). The van der Waals surface area contributed by atoms with Gasteiger partial charge in [0.2, 0.25) is 16.4 Å². The Labute approximate surface area is 117 Å². The number of hydrogen-bond donors (Lipinski definition) is 2. The maximum atomic E-state index is 12.3. The van der Waals surface area contributed by atoms with Crippen LogP contribution in [-0.2, 0) is 14.8 Å². The molecular formula is C12H17N3O4S. The van der Waals surface area contributed by atoms with E-state index in [9.17, 15) is 18.0 Å². The SMILES string of the molecule is CCN(CC)C(=O)c1ccc(NC=O)cc1S(N)(=O)=O. The lowest BCUT2D eigenvalue weighted by atomic mass is 10.1. The van der Waals surface area contributed by atoms with E-state index in [4.69, 9.17) is 5.14 Å². The highest BCUT2D eigenvalue weighted by Gasteiger charge is 2.22. The second kappa shape index (κ2) is 6.49. The Morgan fingerprint density at radius 2 is 1.95 bits per heavy atom. The summed E-state index contributed by atoms with van der Waals surface area (Å²) in [5.74, 6) is -0.420. The van der Waals surface area contributed by atoms with Gasteiger partial charge in [-0.3, -0.25) is 9.59 Å². The van der Waals surface area contributed by atoms with Crippen molar-refractivity contribution in [2.45, 2.75) is 18.7 Å². The summed E-state index contributed by atoms with van der Waals surface area (Å²) in [5, 5.41) is 7.45. The molecule has 0 aliphatic carbocycles. The normalized spacial score (nSPS) is 10.9. The van der Waals surface area contributed by atoms with Crippen molar-refractivity contribution in [1.29, 1.82) is 0 Å². The third-order valence-corrected chi connectivity index (χ3v) is 3.75. The summed E-state index contributed by atoms with van der Waals surface area (Å²) >= 11 is 0. The van der Waals surface area contributed by atoms with E-state index < -0.39 is 15.9 Å². The summed E-state index contributed by atoms with van der Waals surface area (Å²) in [7, 11) is -4.07. The molecule has 1 aromatic rings. The highest BCUT2D eigenvalue weighted by molar-refractivity contribution is 7.89. The van der Waals surface area contributed by atoms with Crippen molar-refractivity contribution in [1.82, 2.24) is 4.90 Å². The lowest BCUT2D eigenvalue weighted by molar-refractivity contribution is -0.105. The van der Waals surface area contributed by atoms with Crippen molar-refractivity contribution in [2.75, 3.05) is 18.4 Å². The fourth-order valence-corrected chi connectivity index (χ4v) is 2.53. The van der Waals surface area contributed by atoms with Crippen LogP contribution in [0.3, 0.4) is 0 Å². The number of nitrogens with one attached hydrogen (secondary N) is 1. The van der Waals surface area contributed by atoms with Crippen LogP contribution in [0.2, 0.25) is 0 Å². The molecule has 0 atom stereocenters. The molecule has 0 saturated heterocycles. The summed E-state index contributed by atoms with van der Waals surface area (Å²) in [6, 6.07) is 3.95. The summed E-state index contributed by atoms with van der Waals surface area (Å²) < 4.78 is 23.2. The number of carbonyl (C=O) groups is 2. The van der Waals surface area contributed by atoms with Gasteiger partial charge in [-0.05, 0) is 32.0 Å². The van der Waals surface area contributed by atoms with E-state index in [0.717, 1.165) is 0 Å². The van der Waals surface area contributed by atoms with E-state index >= 15 is 0 Å². The molecule has 20 heavy (non-hydrogen) atoms. The van der Waals surface area contributed by atoms with Crippen LogP contribution in [0.4, 0.5) is 5.69 Å². The molecular weight excluding hydrogens is 282 g/mol. The van der Waals surface area contributed by atoms with E-state index in [-0.39, 0.29) is 16.1 Å². The minimum atomic E-state index is -4.07. The number of hydrogen-bond acceptors (Lipinski definition) is 4. The molecule has 110 valence electrons. The second-order valence-corrected chi connectivity index (χ2v) is 5.53. The van der Waals surface area contributed by atoms with Gasteiger partial charge in [0.25, 0.3) is 5.91 Å². The van der Waals surface area contributed by atoms with Gasteiger partial charge in [0.1, 0.15) is 0 Å². The first-order valence-corrected chi connectivity index (χ1v) is 7.56. The Balaban J connectivity index is 3.39. The lowest BCUT2D eigenvalue weighted by Gasteiger charge is -2.20. The van der Waals surface area contributed by atoms with E-state index in [2.05, 4.69) is 5.32 Å². The zero-order valence-corrected chi connectivity index (χ0v) is 12.1. The number of amides is 2. The van der Waals surface area contributed by atoms with Gasteiger partial charge >= 0.3 is 0 Å². The van der Waals surface area contributed by atoms with E-state index in [1.165, 1.54) is 23.1 Å². The largest absolute Gasteiger partial charge is 0.339 e. The molecule has 8 heteroatoms. The van der Waals surface area contributed by atoms with Gasteiger partial charge in [0, 0.05) is 18.8 Å². The summed E-state index contributed by atoms with van der Waals surface area (Å²) in [6.07, 6.45) is 0.411. The first-order chi connectivity index (χ1) is 9.35. The molecule has 0 spiro atoms. The second-order valence-electron chi connectivity index (χ2n) is 4.00. The molecule has 0 heterocycles. The maximum Gasteiger partial charge on any atom is 0.255 e. The van der Waals surface area contributed by atoms with Crippen LogP contribution in [0.25, 0.3) is 0 Å². The highest BCUT2D eigenvalue weighted by Crippen LogP contribution is 2.21. The molecule has 0 fully saturated rings. The highest BCUT2D eigenvalue weighted by atomic mass is 32.2. The molecule has 3 N–H and O–H groups in total. The Morgan fingerprint density at radius 3 is 2.40 bits per heavy atom. The number of benzene rings is 1. The maximum absolute atomic E-state index is 12.3. The van der Waals surface area contributed by atoms with Crippen LogP contribution in [0.15, 0.2) is 23.1 Å². The van der Waals surface area contributed by atoms with Gasteiger partial charge < -0.3 is 10.2 Å². The molecule has 0 aliphatic heterocycles. The Hall–Kier alpha value is -1.93. The van der Waals surface area contributed by atoms with Crippen LogP contribution < -0.4 is 10.5 Å². The van der Waals surface area contributed by atoms with Gasteiger partial charge in [0.15, 0.2) is 0 Å². The number of nitrogens with two attached hydrogens (primary N) is 1. The molecule has 2 amide bonds. The van der Waals surface area contributed by atoms with Crippen LogP contribution in [0.1, 0.15) is 24.2 Å². The molecule has 0 bridgehead atoms. The van der Waals surface area contributed by atoms with Crippen molar-refractivity contribution >= 4 is 28.0 Å². The minimum absolute atomic E-state index is 0.00681. The average molecular weight is 299 g/mol. The molecule has 7 nitrogen and oxygen atoms in total.